The molecule has 0 spiro atoms. The molecule has 0 fully saturated rings. The van der Waals surface area contributed by atoms with Crippen LogP contribution in [-0.2, 0) is 0 Å². The Morgan fingerprint density at radius 2 is 1.56 bits per heavy atom. The molecule has 0 saturated heterocycles. The van der Waals surface area contributed by atoms with Gasteiger partial charge in [-0.15, -0.1) is 0 Å². The maximum absolute atomic E-state index is 4.14. The Bertz CT molecular complexity index is 335. The fourth-order valence-corrected chi connectivity index (χ4v) is 2.05. The Morgan fingerprint density at radius 3 is 1.94 bits per heavy atom. The molecule has 0 atom stereocenters. The number of hydrogen-bond acceptors (Lipinski definition) is 3. The van der Waals surface area contributed by atoms with E-state index in [2.05, 4.69) is 59.4 Å². The first-order valence-electron chi connectivity index (χ1n) is 5.82. The van der Waals surface area contributed by atoms with E-state index < -0.39 is 0 Å². The summed E-state index contributed by atoms with van der Waals surface area (Å²) in [5.74, 6) is 0. The highest BCUT2D eigenvalue weighted by Gasteiger charge is 2.30. The monoisotopic (exact) mass is 220 g/mol. The van der Waals surface area contributed by atoms with Crippen LogP contribution in [-0.4, -0.2) is 31.4 Å². The van der Waals surface area contributed by atoms with Crippen molar-refractivity contribution in [3.8, 4) is 0 Å². The van der Waals surface area contributed by atoms with Gasteiger partial charge in [-0.05, 0) is 27.7 Å². The summed E-state index contributed by atoms with van der Waals surface area (Å²) in [7, 11) is 0. The van der Waals surface area contributed by atoms with Crippen molar-refractivity contribution >= 4 is 0 Å². The molecule has 4 nitrogen and oxygen atoms in total. The second-order valence-corrected chi connectivity index (χ2v) is 4.74. The summed E-state index contributed by atoms with van der Waals surface area (Å²) < 4.78 is 2.14. The van der Waals surface area contributed by atoms with Crippen LogP contribution in [0.25, 0.3) is 0 Å². The molecule has 1 aromatic heterocycles. The van der Waals surface area contributed by atoms with Crippen molar-refractivity contribution in [1.82, 2.24) is 19.4 Å². The normalized spacial score (nSPS) is 17.1. The van der Waals surface area contributed by atoms with Gasteiger partial charge in [0, 0.05) is 36.9 Å². The van der Waals surface area contributed by atoms with E-state index in [4.69, 9.17) is 0 Å². The van der Waals surface area contributed by atoms with Crippen LogP contribution in [0.1, 0.15) is 34.0 Å². The van der Waals surface area contributed by atoms with Crippen molar-refractivity contribution in [2.45, 2.75) is 46.1 Å². The predicted octanol–water partition coefficient (Wildman–Crippen LogP) is 2.24. The molecule has 0 aliphatic carbocycles. The quantitative estimate of drug-likeness (QED) is 0.781. The number of imidazole rings is 1. The highest BCUT2D eigenvalue weighted by Crippen LogP contribution is 2.29. The molecule has 0 unspecified atom stereocenters. The van der Waals surface area contributed by atoms with Gasteiger partial charge in [0.25, 0.3) is 0 Å². The first kappa shape index (κ1) is 11.0. The van der Waals surface area contributed by atoms with Gasteiger partial charge in [-0.1, -0.05) is 0 Å². The van der Waals surface area contributed by atoms with Crippen LogP contribution in [0.4, 0.5) is 0 Å². The third-order valence-corrected chi connectivity index (χ3v) is 2.93. The van der Waals surface area contributed by atoms with E-state index in [1.807, 2.05) is 18.7 Å². The van der Waals surface area contributed by atoms with Crippen LogP contribution in [0.15, 0.2) is 31.1 Å². The van der Waals surface area contributed by atoms with E-state index >= 15 is 0 Å². The minimum atomic E-state index is 0.225. The third-order valence-electron chi connectivity index (χ3n) is 2.93. The zero-order valence-corrected chi connectivity index (χ0v) is 10.4. The number of nitrogens with zero attached hydrogens (tertiary/aromatic N) is 4. The average molecular weight is 220 g/mol. The SMILES string of the molecule is CC(C)N1C=CN(C(C)C)C1n1ccnc1. The van der Waals surface area contributed by atoms with Gasteiger partial charge in [-0.25, -0.2) is 4.98 Å². The summed E-state index contributed by atoms with van der Waals surface area (Å²) in [6.07, 6.45) is 10.3. The lowest BCUT2D eigenvalue weighted by Crippen LogP contribution is -2.40. The molecule has 2 rings (SSSR count). The standard InChI is InChI=1S/C12H20N4/c1-10(2)15-7-8-16(11(3)4)12(15)14-6-5-13-9-14/h5-12H,1-4H3. The minimum absolute atomic E-state index is 0.225. The molecule has 4 heteroatoms. The van der Waals surface area contributed by atoms with Crippen molar-refractivity contribution in [2.75, 3.05) is 0 Å². The zero-order chi connectivity index (χ0) is 11.7. The predicted molar refractivity (Wildman–Crippen MR) is 64.4 cm³/mol. The van der Waals surface area contributed by atoms with Crippen molar-refractivity contribution in [3.63, 3.8) is 0 Å². The first-order chi connectivity index (χ1) is 7.61. The molecule has 16 heavy (non-hydrogen) atoms. The van der Waals surface area contributed by atoms with Crippen molar-refractivity contribution in [2.24, 2.45) is 0 Å². The van der Waals surface area contributed by atoms with Gasteiger partial charge in [0.1, 0.15) is 0 Å². The lowest BCUT2D eigenvalue weighted by atomic mass is 10.3. The van der Waals surface area contributed by atoms with Crippen LogP contribution in [0, 0.1) is 0 Å². The van der Waals surface area contributed by atoms with Crippen LogP contribution >= 0.6 is 0 Å². The molecule has 0 amide bonds. The Labute approximate surface area is 97.2 Å². The second-order valence-electron chi connectivity index (χ2n) is 4.74. The Hall–Kier alpha value is -1.45. The fourth-order valence-electron chi connectivity index (χ4n) is 2.05. The van der Waals surface area contributed by atoms with Gasteiger partial charge in [0.15, 0.2) is 6.29 Å². The summed E-state index contributed by atoms with van der Waals surface area (Å²) in [5.41, 5.74) is 0. The van der Waals surface area contributed by atoms with Crippen molar-refractivity contribution < 1.29 is 0 Å². The number of hydrogen-bond donors (Lipinski definition) is 0. The Kier molecular flexibility index (Phi) is 2.90. The summed E-state index contributed by atoms with van der Waals surface area (Å²) in [6, 6.07) is 0.958. The molecule has 0 N–H and O–H groups in total. The van der Waals surface area contributed by atoms with Gasteiger partial charge in [0.05, 0.1) is 6.33 Å². The molecule has 0 saturated carbocycles. The van der Waals surface area contributed by atoms with Gasteiger partial charge in [-0.3, -0.25) is 4.57 Å². The first-order valence-corrected chi connectivity index (χ1v) is 5.82. The lowest BCUT2D eigenvalue weighted by Gasteiger charge is -2.37. The van der Waals surface area contributed by atoms with Crippen LogP contribution < -0.4 is 0 Å². The average Bonchev–Trinajstić information content (AvgIpc) is 2.85. The molecule has 2 heterocycles. The maximum atomic E-state index is 4.14. The number of rotatable bonds is 3. The van der Waals surface area contributed by atoms with Gasteiger partial charge < -0.3 is 9.80 Å². The van der Waals surface area contributed by atoms with E-state index in [0.717, 1.165) is 0 Å². The summed E-state index contributed by atoms with van der Waals surface area (Å²) in [6.45, 7) is 8.83. The third kappa shape index (κ3) is 1.79. The molecule has 1 aliphatic heterocycles. The van der Waals surface area contributed by atoms with Crippen LogP contribution in [0.3, 0.4) is 0 Å². The Balaban J connectivity index is 2.28. The van der Waals surface area contributed by atoms with Crippen molar-refractivity contribution in [3.05, 3.63) is 31.1 Å². The molecule has 0 radical (unpaired) electrons. The molecular formula is C12H20N4. The highest BCUT2D eigenvalue weighted by molar-refractivity contribution is 4.99. The van der Waals surface area contributed by atoms with E-state index in [-0.39, 0.29) is 6.29 Å². The molecular weight excluding hydrogens is 200 g/mol. The lowest BCUT2D eigenvalue weighted by molar-refractivity contribution is 0.0459. The molecule has 0 aromatic carbocycles. The smallest absolute Gasteiger partial charge is 0.185 e. The summed E-state index contributed by atoms with van der Waals surface area (Å²) in [4.78, 5) is 8.81. The molecule has 0 bridgehead atoms. The summed E-state index contributed by atoms with van der Waals surface area (Å²) in [5, 5.41) is 0. The Morgan fingerprint density at radius 1 is 1.00 bits per heavy atom. The van der Waals surface area contributed by atoms with Crippen molar-refractivity contribution in [1.29, 1.82) is 0 Å². The van der Waals surface area contributed by atoms with E-state index in [1.54, 1.807) is 0 Å². The van der Waals surface area contributed by atoms with E-state index in [1.165, 1.54) is 0 Å². The van der Waals surface area contributed by atoms with Gasteiger partial charge >= 0.3 is 0 Å². The second kappa shape index (κ2) is 4.20. The van der Waals surface area contributed by atoms with E-state index in [9.17, 15) is 0 Å². The van der Waals surface area contributed by atoms with Gasteiger partial charge in [0.2, 0.25) is 0 Å². The molecule has 1 aromatic rings. The van der Waals surface area contributed by atoms with Crippen LogP contribution in [0.2, 0.25) is 0 Å². The maximum Gasteiger partial charge on any atom is 0.185 e. The van der Waals surface area contributed by atoms with Gasteiger partial charge in [-0.2, -0.15) is 0 Å². The number of aromatic nitrogens is 2. The fraction of sp³-hybridized carbons (Fsp3) is 0.583. The molecule has 88 valence electrons. The zero-order valence-electron chi connectivity index (χ0n) is 10.4. The molecule has 1 aliphatic rings. The highest BCUT2D eigenvalue weighted by atomic mass is 15.5. The summed E-state index contributed by atoms with van der Waals surface area (Å²) >= 11 is 0. The van der Waals surface area contributed by atoms with E-state index in [0.29, 0.717) is 12.1 Å². The topological polar surface area (TPSA) is 24.3 Å². The minimum Gasteiger partial charge on any atom is -0.337 e. The largest absolute Gasteiger partial charge is 0.337 e. The van der Waals surface area contributed by atoms with Crippen LogP contribution in [0.5, 0.6) is 0 Å².